The molecule has 0 amide bonds. The van der Waals surface area contributed by atoms with Gasteiger partial charge in [-0.3, -0.25) is 14.4 Å². The zero-order chi connectivity index (χ0) is 51.4. The highest BCUT2D eigenvalue weighted by atomic mass is 16.6. The predicted molar refractivity (Wildman–Crippen MR) is 306 cm³/mol. The summed E-state index contributed by atoms with van der Waals surface area (Å²) in [6.07, 6.45) is 81.7. The van der Waals surface area contributed by atoms with Gasteiger partial charge in [0.2, 0.25) is 0 Å². The fraction of sp³-hybridized carbons (Fsp3) is 0.615. The Labute approximate surface area is 436 Å². The highest BCUT2D eigenvalue weighted by Crippen LogP contribution is 2.11. The van der Waals surface area contributed by atoms with E-state index in [1.165, 1.54) is 96.3 Å². The number of carbonyl (C=O) groups excluding carboxylic acids is 3. The minimum absolute atomic E-state index is 0.141. The van der Waals surface area contributed by atoms with E-state index >= 15 is 0 Å². The molecule has 0 aromatic rings. The molecule has 6 nitrogen and oxygen atoms in total. The molecule has 71 heavy (non-hydrogen) atoms. The number of hydrogen-bond acceptors (Lipinski definition) is 6. The van der Waals surface area contributed by atoms with Crippen molar-refractivity contribution in [1.82, 2.24) is 0 Å². The van der Waals surface area contributed by atoms with Gasteiger partial charge >= 0.3 is 17.9 Å². The van der Waals surface area contributed by atoms with Crippen LogP contribution in [0.5, 0.6) is 0 Å². The Hall–Kier alpha value is -4.45. The van der Waals surface area contributed by atoms with E-state index in [-0.39, 0.29) is 50.4 Å². The summed E-state index contributed by atoms with van der Waals surface area (Å²) in [5.41, 5.74) is 0. The van der Waals surface area contributed by atoms with Crippen LogP contribution in [0, 0.1) is 0 Å². The largest absolute Gasteiger partial charge is 0.462 e. The maximum atomic E-state index is 12.8. The Kier molecular flexibility index (Phi) is 54.5. The van der Waals surface area contributed by atoms with Gasteiger partial charge in [0.25, 0.3) is 0 Å². The van der Waals surface area contributed by atoms with Gasteiger partial charge in [0.05, 0.1) is 0 Å². The summed E-state index contributed by atoms with van der Waals surface area (Å²) < 4.78 is 16.7. The molecule has 6 heteroatoms. The van der Waals surface area contributed by atoms with Gasteiger partial charge in [0.1, 0.15) is 13.2 Å². The Morgan fingerprint density at radius 2 is 0.549 bits per heavy atom. The van der Waals surface area contributed by atoms with Crippen LogP contribution in [0.3, 0.4) is 0 Å². The van der Waals surface area contributed by atoms with Crippen LogP contribution in [0.25, 0.3) is 0 Å². The molecule has 0 heterocycles. The van der Waals surface area contributed by atoms with Crippen molar-refractivity contribution in [3.05, 3.63) is 134 Å². The van der Waals surface area contributed by atoms with E-state index in [4.69, 9.17) is 14.2 Å². The molecular formula is C65H104O6. The first-order chi connectivity index (χ1) is 35.0. The molecule has 0 radical (unpaired) electrons. The van der Waals surface area contributed by atoms with E-state index in [2.05, 4.69) is 142 Å². The molecule has 1 atom stereocenters. The van der Waals surface area contributed by atoms with Crippen LogP contribution in [-0.4, -0.2) is 37.2 Å². The molecule has 0 bridgehead atoms. The molecule has 0 rings (SSSR count). The van der Waals surface area contributed by atoms with Crippen LogP contribution in [0.2, 0.25) is 0 Å². The number of allylic oxidation sites excluding steroid dienone is 22. The summed E-state index contributed by atoms with van der Waals surface area (Å²) in [6, 6.07) is 0. The van der Waals surface area contributed by atoms with Crippen molar-refractivity contribution in [3.63, 3.8) is 0 Å². The van der Waals surface area contributed by atoms with Crippen molar-refractivity contribution >= 4 is 17.9 Å². The molecule has 0 aromatic heterocycles. The fourth-order valence-corrected chi connectivity index (χ4v) is 7.27. The molecule has 0 fully saturated rings. The van der Waals surface area contributed by atoms with Crippen LogP contribution in [0.15, 0.2) is 134 Å². The van der Waals surface area contributed by atoms with Crippen LogP contribution < -0.4 is 0 Å². The quantitative estimate of drug-likeness (QED) is 0.0262. The normalized spacial score (nSPS) is 13.1. The van der Waals surface area contributed by atoms with Crippen molar-refractivity contribution in [2.45, 2.75) is 245 Å². The van der Waals surface area contributed by atoms with Crippen LogP contribution in [-0.2, 0) is 28.6 Å². The van der Waals surface area contributed by atoms with Crippen LogP contribution in [0.1, 0.15) is 239 Å². The molecule has 400 valence electrons. The van der Waals surface area contributed by atoms with Gasteiger partial charge in [-0.15, -0.1) is 0 Å². The summed E-state index contributed by atoms with van der Waals surface area (Å²) in [5.74, 6) is -1.10. The average molecular weight is 982 g/mol. The van der Waals surface area contributed by atoms with Crippen molar-refractivity contribution in [2.75, 3.05) is 13.2 Å². The van der Waals surface area contributed by atoms with Gasteiger partial charge < -0.3 is 14.2 Å². The Balaban J connectivity index is 4.64. The van der Waals surface area contributed by atoms with E-state index in [1.54, 1.807) is 0 Å². The zero-order valence-electron chi connectivity index (χ0n) is 45.7. The molecule has 0 saturated heterocycles. The maximum absolute atomic E-state index is 12.8. The number of ether oxygens (including phenoxy) is 3. The fourth-order valence-electron chi connectivity index (χ4n) is 7.27. The van der Waals surface area contributed by atoms with Gasteiger partial charge in [-0.25, -0.2) is 0 Å². The number of carbonyl (C=O) groups is 3. The van der Waals surface area contributed by atoms with E-state index in [0.717, 1.165) is 89.9 Å². The minimum Gasteiger partial charge on any atom is -0.462 e. The summed E-state index contributed by atoms with van der Waals surface area (Å²) in [7, 11) is 0. The maximum Gasteiger partial charge on any atom is 0.306 e. The zero-order valence-corrected chi connectivity index (χ0v) is 45.7. The van der Waals surface area contributed by atoms with Crippen LogP contribution >= 0.6 is 0 Å². The monoisotopic (exact) mass is 981 g/mol. The SMILES string of the molecule is CCCCC/C=C\C/C=C\C/C=C\C/C=C\C/C=C\CCC(=O)OC[C@H](COC(=O)CCC/C=C\C/C=C\C/C=C\CCCCCCCC)OC(=O)CCCCCC/C=C\C/C=C\C/C=C\CCCCC. The van der Waals surface area contributed by atoms with Gasteiger partial charge in [0, 0.05) is 19.3 Å². The lowest BCUT2D eigenvalue weighted by atomic mass is 10.1. The molecular weight excluding hydrogens is 877 g/mol. The Morgan fingerprint density at radius 1 is 0.282 bits per heavy atom. The van der Waals surface area contributed by atoms with E-state index in [0.29, 0.717) is 12.8 Å². The second-order valence-electron chi connectivity index (χ2n) is 18.5. The number of esters is 3. The Bertz CT molecular complexity index is 1550. The second-order valence-corrected chi connectivity index (χ2v) is 18.5. The lowest BCUT2D eigenvalue weighted by molar-refractivity contribution is -0.166. The number of hydrogen-bond donors (Lipinski definition) is 0. The van der Waals surface area contributed by atoms with Gasteiger partial charge in [-0.05, 0) is 128 Å². The topological polar surface area (TPSA) is 78.9 Å². The highest BCUT2D eigenvalue weighted by Gasteiger charge is 2.19. The van der Waals surface area contributed by atoms with Crippen molar-refractivity contribution in [3.8, 4) is 0 Å². The van der Waals surface area contributed by atoms with Crippen LogP contribution in [0.4, 0.5) is 0 Å². The molecule has 0 N–H and O–H groups in total. The first kappa shape index (κ1) is 66.6. The van der Waals surface area contributed by atoms with Crippen molar-refractivity contribution in [1.29, 1.82) is 0 Å². The van der Waals surface area contributed by atoms with E-state index in [9.17, 15) is 14.4 Å². The predicted octanol–water partition coefficient (Wildman–Crippen LogP) is 19.4. The Morgan fingerprint density at radius 3 is 0.944 bits per heavy atom. The molecule has 0 saturated carbocycles. The lowest BCUT2D eigenvalue weighted by Gasteiger charge is -2.18. The molecule has 0 aliphatic rings. The van der Waals surface area contributed by atoms with Gasteiger partial charge in [0.15, 0.2) is 6.10 Å². The first-order valence-corrected chi connectivity index (χ1v) is 28.7. The number of rotatable bonds is 50. The second kappa shape index (κ2) is 58.1. The third kappa shape index (κ3) is 56.3. The standard InChI is InChI=1S/C65H104O6/c1-4-7-10-13-16-19-22-25-28-31-32-35-37-40-43-46-49-52-55-58-64(67)70-61-62(71-65(68)59-56-53-50-47-44-41-38-34-30-27-24-21-18-15-12-9-6-3)60-69-63(66)57-54-51-48-45-42-39-36-33-29-26-23-20-17-14-11-8-5-2/h16,18-19,21,25-30,32,35-36,38-41,43,45,48-49,52,62H,4-15,17,20,22-24,31,33-34,37,42,44,46-47,50-51,53-61H2,1-3H3/b19-16-,21-18-,28-25-,29-26-,30-27-,35-32-,39-36-,41-38-,43-40-,48-45-,52-49-/t62-/m0/s1. The van der Waals surface area contributed by atoms with Crippen molar-refractivity contribution in [2.24, 2.45) is 0 Å². The molecule has 0 aliphatic carbocycles. The first-order valence-electron chi connectivity index (χ1n) is 28.7. The molecule has 0 aliphatic heterocycles. The third-order valence-corrected chi connectivity index (χ3v) is 11.6. The summed E-state index contributed by atoms with van der Waals surface area (Å²) >= 11 is 0. The lowest BCUT2D eigenvalue weighted by Crippen LogP contribution is -2.30. The van der Waals surface area contributed by atoms with Crippen molar-refractivity contribution < 1.29 is 28.6 Å². The third-order valence-electron chi connectivity index (χ3n) is 11.6. The molecule has 0 spiro atoms. The summed E-state index contributed by atoms with van der Waals surface area (Å²) in [4.78, 5) is 38.1. The minimum atomic E-state index is -0.846. The van der Waals surface area contributed by atoms with Gasteiger partial charge in [-0.2, -0.15) is 0 Å². The van der Waals surface area contributed by atoms with Gasteiger partial charge in [-0.1, -0.05) is 225 Å². The average Bonchev–Trinajstić information content (AvgIpc) is 3.37. The van der Waals surface area contributed by atoms with E-state index in [1.807, 2.05) is 12.2 Å². The number of unbranched alkanes of at least 4 members (excludes halogenated alkanes) is 17. The molecule has 0 aromatic carbocycles. The summed E-state index contributed by atoms with van der Waals surface area (Å²) in [5, 5.41) is 0. The summed E-state index contributed by atoms with van der Waals surface area (Å²) in [6.45, 7) is 6.44. The van der Waals surface area contributed by atoms with E-state index < -0.39 is 6.10 Å². The highest BCUT2D eigenvalue weighted by molar-refractivity contribution is 5.71. The smallest absolute Gasteiger partial charge is 0.306 e. The molecule has 0 unspecified atom stereocenters.